The van der Waals surface area contributed by atoms with Crippen LogP contribution in [0.3, 0.4) is 0 Å². The number of sulfone groups is 1. The summed E-state index contributed by atoms with van der Waals surface area (Å²) in [4.78, 5) is 14.6. The minimum Gasteiger partial charge on any atom is -0.367 e. The highest BCUT2D eigenvalue weighted by atomic mass is 79.9. The zero-order valence-corrected chi connectivity index (χ0v) is 21.7. The fourth-order valence-corrected chi connectivity index (χ4v) is 6.79. The fourth-order valence-electron chi connectivity index (χ4n) is 3.89. The minimum atomic E-state index is -3.88. The summed E-state index contributed by atoms with van der Waals surface area (Å²) in [6, 6.07) is 2.47. The van der Waals surface area contributed by atoms with Crippen molar-refractivity contribution in [3.05, 3.63) is 27.8 Å². The molecule has 32 heavy (non-hydrogen) atoms. The molecule has 10 nitrogen and oxygen atoms in total. The first-order chi connectivity index (χ1) is 14.9. The van der Waals surface area contributed by atoms with Gasteiger partial charge in [0.1, 0.15) is 0 Å². The van der Waals surface area contributed by atoms with Crippen LogP contribution in [0.15, 0.2) is 17.0 Å². The first-order valence-corrected chi connectivity index (χ1v) is 14.7. The molecule has 1 aromatic rings. The summed E-state index contributed by atoms with van der Waals surface area (Å²) in [6.07, 6.45) is 2.58. The Morgan fingerprint density at radius 3 is 2.50 bits per heavy atom. The normalized spacial score (nSPS) is 18.3. The molecular weight excluding hydrogens is 526 g/mol. The number of alkyl halides is 1. The van der Waals surface area contributed by atoms with Gasteiger partial charge in [0.05, 0.1) is 33.6 Å². The third-order valence-electron chi connectivity index (χ3n) is 5.43. The Morgan fingerprint density at radius 1 is 1.22 bits per heavy atom. The SMILES string of the molecule is Cc1cc([N+](=O)[O-])cc(S(=O)(=O)C2CCCN(C)CC2)c1N(CCBr)CCOS(C)(=O)=O. The van der Waals surface area contributed by atoms with E-state index in [1.807, 2.05) is 7.05 Å². The standard InChI is InChI=1S/C19H30BrN3O7S2/c1-15-13-16(23(24)25)14-18(32(28,29)17-5-4-8-21(2)9-6-17)19(15)22(10-7-20)11-12-30-31(3,26)27/h13-14,17H,4-12H2,1-3H3. The largest absolute Gasteiger partial charge is 0.367 e. The average Bonchev–Trinajstić information content (AvgIpc) is 2.90. The molecule has 0 bridgehead atoms. The molecule has 0 spiro atoms. The third kappa shape index (κ3) is 7.11. The van der Waals surface area contributed by atoms with Crippen molar-refractivity contribution in [3.63, 3.8) is 0 Å². The van der Waals surface area contributed by atoms with Crippen molar-refractivity contribution in [3.8, 4) is 0 Å². The van der Waals surface area contributed by atoms with Gasteiger partial charge in [0.25, 0.3) is 15.8 Å². The Labute approximate surface area is 198 Å². The van der Waals surface area contributed by atoms with Crippen LogP contribution in [0.1, 0.15) is 24.8 Å². The molecule has 0 aromatic heterocycles. The van der Waals surface area contributed by atoms with Gasteiger partial charge >= 0.3 is 0 Å². The number of hydrogen-bond acceptors (Lipinski definition) is 9. The monoisotopic (exact) mass is 555 g/mol. The van der Waals surface area contributed by atoms with Gasteiger partial charge in [0.15, 0.2) is 9.84 Å². The van der Waals surface area contributed by atoms with E-state index < -0.39 is 30.1 Å². The molecule has 1 heterocycles. The van der Waals surface area contributed by atoms with Crippen molar-refractivity contribution in [2.75, 3.05) is 56.3 Å². The summed E-state index contributed by atoms with van der Waals surface area (Å²) < 4.78 is 55.0. The molecule has 1 aliphatic heterocycles. The van der Waals surface area contributed by atoms with E-state index in [-0.39, 0.29) is 23.7 Å². The number of benzene rings is 1. The number of aryl methyl sites for hydroxylation is 1. The molecule has 1 atom stereocenters. The molecule has 1 unspecified atom stereocenters. The van der Waals surface area contributed by atoms with Gasteiger partial charge in [-0.2, -0.15) is 8.42 Å². The van der Waals surface area contributed by atoms with Gasteiger partial charge in [0, 0.05) is 30.6 Å². The average molecular weight is 557 g/mol. The maximum Gasteiger partial charge on any atom is 0.271 e. The van der Waals surface area contributed by atoms with Gasteiger partial charge in [-0.05, 0) is 51.9 Å². The highest BCUT2D eigenvalue weighted by Gasteiger charge is 2.34. The van der Waals surface area contributed by atoms with E-state index in [9.17, 15) is 26.9 Å². The molecule has 1 aliphatic rings. The number of nitro groups is 1. The molecule has 13 heteroatoms. The lowest BCUT2D eigenvalue weighted by Gasteiger charge is -2.29. The van der Waals surface area contributed by atoms with Crippen molar-refractivity contribution in [2.24, 2.45) is 0 Å². The minimum absolute atomic E-state index is 0.0842. The van der Waals surface area contributed by atoms with Gasteiger partial charge in [-0.25, -0.2) is 8.42 Å². The Morgan fingerprint density at radius 2 is 1.91 bits per heavy atom. The zero-order valence-electron chi connectivity index (χ0n) is 18.5. The number of rotatable bonds is 10. The van der Waals surface area contributed by atoms with Gasteiger partial charge in [-0.3, -0.25) is 14.3 Å². The van der Waals surface area contributed by atoms with Crippen LogP contribution in [-0.4, -0.2) is 83.3 Å². The Bertz CT molecular complexity index is 1030. The smallest absolute Gasteiger partial charge is 0.271 e. The summed E-state index contributed by atoms with van der Waals surface area (Å²) in [7, 11) is -5.60. The second-order valence-corrected chi connectivity index (χ2v) is 12.6. The molecule has 182 valence electrons. The van der Waals surface area contributed by atoms with Crippen molar-refractivity contribution in [1.29, 1.82) is 0 Å². The summed E-state index contributed by atoms with van der Waals surface area (Å²) in [6.45, 7) is 3.34. The van der Waals surface area contributed by atoms with E-state index in [0.717, 1.165) is 25.3 Å². The highest BCUT2D eigenvalue weighted by molar-refractivity contribution is 9.09. The van der Waals surface area contributed by atoms with Crippen molar-refractivity contribution < 1.29 is 25.9 Å². The molecule has 1 fully saturated rings. The predicted octanol–water partition coefficient (Wildman–Crippen LogP) is 2.34. The van der Waals surface area contributed by atoms with Gasteiger partial charge in [0.2, 0.25) is 0 Å². The molecule has 0 N–H and O–H groups in total. The predicted molar refractivity (Wildman–Crippen MR) is 127 cm³/mol. The lowest BCUT2D eigenvalue weighted by atomic mass is 10.1. The van der Waals surface area contributed by atoms with Crippen LogP contribution in [-0.2, 0) is 24.1 Å². The maximum atomic E-state index is 13.7. The van der Waals surface area contributed by atoms with Gasteiger partial charge in [-0.1, -0.05) is 15.9 Å². The van der Waals surface area contributed by atoms with Crippen LogP contribution in [0.5, 0.6) is 0 Å². The van der Waals surface area contributed by atoms with E-state index in [0.29, 0.717) is 42.5 Å². The van der Waals surface area contributed by atoms with Crippen LogP contribution in [0.2, 0.25) is 0 Å². The van der Waals surface area contributed by atoms with Crippen molar-refractivity contribution in [1.82, 2.24) is 4.90 Å². The summed E-state index contributed by atoms with van der Waals surface area (Å²) in [5, 5.41) is 11.3. The van der Waals surface area contributed by atoms with Crippen molar-refractivity contribution >= 4 is 47.3 Å². The molecule has 1 aromatic carbocycles. The highest BCUT2D eigenvalue weighted by Crippen LogP contribution is 2.37. The molecule has 0 aliphatic carbocycles. The molecule has 0 amide bonds. The van der Waals surface area contributed by atoms with E-state index in [4.69, 9.17) is 4.18 Å². The van der Waals surface area contributed by atoms with E-state index in [1.54, 1.807) is 11.8 Å². The van der Waals surface area contributed by atoms with Crippen LogP contribution >= 0.6 is 15.9 Å². The number of likely N-dealkylation sites (tertiary alicyclic amines) is 1. The molecule has 1 saturated heterocycles. The maximum absolute atomic E-state index is 13.7. The number of hydrogen-bond donors (Lipinski definition) is 0. The number of halogens is 1. The number of anilines is 1. The number of non-ortho nitro benzene ring substituents is 1. The number of nitrogens with zero attached hydrogens (tertiary/aromatic N) is 3. The van der Waals surface area contributed by atoms with Crippen LogP contribution < -0.4 is 4.90 Å². The second-order valence-electron chi connectivity index (χ2n) is 7.97. The molecule has 2 rings (SSSR count). The Kier molecular flexibility index (Phi) is 9.46. The van der Waals surface area contributed by atoms with E-state index >= 15 is 0 Å². The zero-order chi connectivity index (χ0) is 24.1. The van der Waals surface area contributed by atoms with E-state index in [1.165, 1.54) is 6.07 Å². The number of nitro benzene ring substituents is 1. The summed E-state index contributed by atoms with van der Waals surface area (Å²) in [5.41, 5.74) is 0.496. The Hall–Kier alpha value is -1.28. The molecule has 0 saturated carbocycles. The lowest BCUT2D eigenvalue weighted by molar-refractivity contribution is -0.385. The van der Waals surface area contributed by atoms with Crippen LogP contribution in [0.4, 0.5) is 11.4 Å². The van der Waals surface area contributed by atoms with Crippen molar-refractivity contribution in [2.45, 2.75) is 36.3 Å². The van der Waals surface area contributed by atoms with Gasteiger partial charge in [-0.15, -0.1) is 0 Å². The Balaban J connectivity index is 2.57. The fraction of sp³-hybridized carbons (Fsp3) is 0.684. The lowest BCUT2D eigenvalue weighted by Crippen LogP contribution is -2.33. The quantitative estimate of drug-likeness (QED) is 0.185. The summed E-state index contributed by atoms with van der Waals surface area (Å²) in [5.74, 6) is 0. The molecule has 0 radical (unpaired) electrons. The van der Waals surface area contributed by atoms with Crippen LogP contribution in [0, 0.1) is 17.0 Å². The van der Waals surface area contributed by atoms with Gasteiger partial charge < -0.3 is 9.80 Å². The topological polar surface area (TPSA) is 127 Å². The van der Waals surface area contributed by atoms with E-state index in [2.05, 4.69) is 20.8 Å². The molecular formula is C19H30BrN3O7S2. The first-order valence-electron chi connectivity index (χ1n) is 10.2. The van der Waals surface area contributed by atoms with Crippen LogP contribution in [0.25, 0.3) is 0 Å². The second kappa shape index (κ2) is 11.2. The third-order valence-corrected chi connectivity index (χ3v) is 8.66. The summed E-state index contributed by atoms with van der Waals surface area (Å²) >= 11 is 3.35. The first kappa shape index (κ1) is 27.0.